The predicted octanol–water partition coefficient (Wildman–Crippen LogP) is 7.72. The lowest BCUT2D eigenvalue weighted by Crippen LogP contribution is -2.49. The molecule has 7 rings (SSSR count). The summed E-state index contributed by atoms with van der Waals surface area (Å²) < 4.78 is 5.45. The largest absolute Gasteiger partial charge is 0.497 e. The fourth-order valence-electron chi connectivity index (χ4n) is 6.28. The first-order valence-electron chi connectivity index (χ1n) is 13.8. The number of fused-ring (bicyclic) bond motifs is 2. The number of methoxy groups -OCH3 is 1. The number of ether oxygens (including phenoxy) is 1. The molecule has 0 radical (unpaired) electrons. The molecule has 1 aliphatic heterocycles. The van der Waals surface area contributed by atoms with Crippen LogP contribution in [-0.2, 0) is 10.3 Å². The quantitative estimate of drug-likeness (QED) is 0.218. The highest BCUT2D eigenvalue weighted by molar-refractivity contribution is 6.36. The van der Waals surface area contributed by atoms with Crippen molar-refractivity contribution >= 4 is 28.8 Å². The molecule has 2 atom stereocenters. The van der Waals surface area contributed by atoms with Gasteiger partial charge in [-0.2, -0.15) is 5.10 Å². The molecular formula is C37H28N2O2. The average Bonchev–Trinajstić information content (AvgIpc) is 3.52. The van der Waals surface area contributed by atoms with Crippen molar-refractivity contribution in [2.75, 3.05) is 12.1 Å². The van der Waals surface area contributed by atoms with Crippen LogP contribution in [0.3, 0.4) is 0 Å². The third kappa shape index (κ3) is 3.91. The maximum atomic E-state index is 15.2. The Morgan fingerprint density at radius 2 is 1.34 bits per heavy atom. The third-order valence-electron chi connectivity index (χ3n) is 8.08. The number of rotatable bonds is 5. The lowest BCUT2D eigenvalue weighted by Gasteiger charge is -2.38. The molecule has 198 valence electrons. The average molecular weight is 533 g/mol. The van der Waals surface area contributed by atoms with Crippen LogP contribution >= 0.6 is 0 Å². The van der Waals surface area contributed by atoms with Crippen LogP contribution in [0.5, 0.6) is 5.75 Å². The van der Waals surface area contributed by atoms with Crippen LogP contribution in [0.2, 0.25) is 0 Å². The molecule has 0 bridgehead atoms. The zero-order chi connectivity index (χ0) is 27.8. The molecule has 0 fully saturated rings. The van der Waals surface area contributed by atoms with Crippen molar-refractivity contribution < 1.29 is 9.53 Å². The molecule has 5 aromatic rings. The number of carbonyl (C=O) groups is 1. The summed E-state index contributed by atoms with van der Waals surface area (Å²) in [5.74, 6) is 0.439. The fourth-order valence-corrected chi connectivity index (χ4v) is 6.28. The van der Waals surface area contributed by atoms with Gasteiger partial charge in [-0.25, -0.2) is 5.01 Å². The second-order valence-electron chi connectivity index (χ2n) is 10.3. The summed E-state index contributed by atoms with van der Waals surface area (Å²) in [7, 11) is 1.66. The Kier molecular flexibility index (Phi) is 6.09. The molecule has 0 amide bonds. The standard InChI is InChI=1S/C37H28N2O2/c1-41-30-23-21-28(22-24-30)35-34(27-15-7-3-8-16-27)37(39(38-35)29-17-9-4-10-18-29)33-20-12-11-19-31(33)32(36(37)40)25-26-13-5-2-6-14-26/h2-25,34H,1H3/b32-25+/t34-,37-/m0/s1. The lowest BCUT2D eigenvalue weighted by molar-refractivity contribution is -0.118. The molecule has 0 aromatic heterocycles. The Morgan fingerprint density at radius 3 is 2.02 bits per heavy atom. The second kappa shape index (κ2) is 10.1. The fraction of sp³-hybridized carbons (Fsp3) is 0.0811. The van der Waals surface area contributed by atoms with Crippen molar-refractivity contribution in [3.8, 4) is 5.75 Å². The van der Waals surface area contributed by atoms with E-state index in [4.69, 9.17) is 9.84 Å². The molecule has 4 nitrogen and oxygen atoms in total. The summed E-state index contributed by atoms with van der Waals surface area (Å²) in [5, 5.41) is 7.30. The molecule has 41 heavy (non-hydrogen) atoms. The minimum Gasteiger partial charge on any atom is -0.497 e. The molecule has 0 unspecified atom stereocenters. The van der Waals surface area contributed by atoms with Gasteiger partial charge in [0.2, 0.25) is 0 Å². The molecular weight excluding hydrogens is 504 g/mol. The van der Waals surface area contributed by atoms with Gasteiger partial charge >= 0.3 is 0 Å². The number of hydrogen-bond acceptors (Lipinski definition) is 4. The Bertz CT molecular complexity index is 1780. The van der Waals surface area contributed by atoms with Gasteiger partial charge in [-0.1, -0.05) is 103 Å². The summed E-state index contributed by atoms with van der Waals surface area (Å²) in [6.45, 7) is 0. The van der Waals surface area contributed by atoms with Gasteiger partial charge in [-0.15, -0.1) is 0 Å². The van der Waals surface area contributed by atoms with Crippen LogP contribution in [0, 0.1) is 0 Å². The van der Waals surface area contributed by atoms with Gasteiger partial charge in [0.05, 0.1) is 24.4 Å². The molecule has 1 heterocycles. The van der Waals surface area contributed by atoms with Crippen LogP contribution in [0.25, 0.3) is 11.6 Å². The lowest BCUT2D eigenvalue weighted by atomic mass is 9.71. The Labute approximate surface area is 239 Å². The molecule has 0 N–H and O–H groups in total. The van der Waals surface area contributed by atoms with Crippen LogP contribution in [0.15, 0.2) is 145 Å². The second-order valence-corrected chi connectivity index (χ2v) is 10.3. The van der Waals surface area contributed by atoms with Gasteiger partial charge in [-0.05, 0) is 70.3 Å². The van der Waals surface area contributed by atoms with Crippen molar-refractivity contribution in [1.82, 2.24) is 0 Å². The minimum absolute atomic E-state index is 0.0347. The summed E-state index contributed by atoms with van der Waals surface area (Å²) in [6.07, 6.45) is 2.02. The number of para-hydroxylation sites is 1. The Hall–Kier alpha value is -5.22. The molecule has 0 saturated carbocycles. The number of carbonyl (C=O) groups excluding carboxylic acids is 1. The van der Waals surface area contributed by atoms with Crippen LogP contribution in [-0.4, -0.2) is 18.6 Å². The highest BCUT2D eigenvalue weighted by atomic mass is 16.5. The van der Waals surface area contributed by atoms with E-state index in [1.807, 2.05) is 126 Å². The van der Waals surface area contributed by atoms with E-state index in [-0.39, 0.29) is 11.7 Å². The number of hydrogen-bond donors (Lipinski definition) is 0. The number of benzene rings is 5. The van der Waals surface area contributed by atoms with E-state index in [2.05, 4.69) is 24.3 Å². The Morgan fingerprint density at radius 1 is 0.732 bits per heavy atom. The summed E-state index contributed by atoms with van der Waals surface area (Å²) in [6, 6.07) is 46.5. The highest BCUT2D eigenvalue weighted by Gasteiger charge is 2.63. The summed E-state index contributed by atoms with van der Waals surface area (Å²) >= 11 is 0. The maximum Gasteiger partial charge on any atom is 0.196 e. The third-order valence-corrected chi connectivity index (χ3v) is 8.08. The van der Waals surface area contributed by atoms with E-state index in [1.165, 1.54) is 0 Å². The van der Waals surface area contributed by atoms with Gasteiger partial charge in [0.1, 0.15) is 5.75 Å². The predicted molar refractivity (Wildman–Crippen MR) is 165 cm³/mol. The van der Waals surface area contributed by atoms with Crippen LogP contribution in [0.1, 0.15) is 33.7 Å². The molecule has 4 heteroatoms. The van der Waals surface area contributed by atoms with E-state index in [9.17, 15) is 0 Å². The van der Waals surface area contributed by atoms with Crippen molar-refractivity contribution in [3.05, 3.63) is 167 Å². The smallest absolute Gasteiger partial charge is 0.196 e. The SMILES string of the molecule is COc1ccc(C2=NN(c3ccccc3)[C@]3(C(=O)/C(=C/c4ccccc4)c4ccccc43)[C@H]2c2ccccc2)cc1. The Balaban J connectivity index is 1.54. The number of Topliss-reactive ketones (excluding diaryl/α,β-unsaturated/α-hetero) is 1. The van der Waals surface area contributed by atoms with Crippen molar-refractivity contribution in [1.29, 1.82) is 0 Å². The first-order valence-corrected chi connectivity index (χ1v) is 13.8. The number of ketones is 1. The van der Waals surface area contributed by atoms with E-state index >= 15 is 4.79 Å². The van der Waals surface area contributed by atoms with Gasteiger partial charge in [0, 0.05) is 5.57 Å². The van der Waals surface area contributed by atoms with Crippen LogP contribution in [0.4, 0.5) is 5.69 Å². The molecule has 5 aromatic carbocycles. The van der Waals surface area contributed by atoms with E-state index in [0.717, 1.165) is 45.0 Å². The van der Waals surface area contributed by atoms with E-state index < -0.39 is 5.54 Å². The minimum atomic E-state index is -1.12. The molecule has 1 spiro atoms. The first kappa shape index (κ1) is 24.8. The number of hydrazone groups is 1. The van der Waals surface area contributed by atoms with E-state index in [0.29, 0.717) is 5.57 Å². The molecule has 1 aliphatic carbocycles. The van der Waals surface area contributed by atoms with Gasteiger partial charge < -0.3 is 4.74 Å². The monoisotopic (exact) mass is 532 g/mol. The van der Waals surface area contributed by atoms with Gasteiger partial charge in [-0.3, -0.25) is 4.79 Å². The first-order chi connectivity index (χ1) is 20.2. The van der Waals surface area contributed by atoms with Gasteiger partial charge in [0.25, 0.3) is 0 Å². The molecule has 2 aliphatic rings. The highest BCUT2D eigenvalue weighted by Crippen LogP contribution is 2.58. The maximum absolute atomic E-state index is 15.2. The summed E-state index contributed by atoms with van der Waals surface area (Å²) in [4.78, 5) is 15.2. The van der Waals surface area contributed by atoms with Crippen LogP contribution < -0.4 is 9.75 Å². The number of anilines is 1. The molecule has 0 saturated heterocycles. The van der Waals surface area contributed by atoms with E-state index in [1.54, 1.807) is 7.11 Å². The van der Waals surface area contributed by atoms with Crippen molar-refractivity contribution in [2.45, 2.75) is 11.5 Å². The normalized spacial score (nSPS) is 20.4. The van der Waals surface area contributed by atoms with Crippen molar-refractivity contribution in [3.63, 3.8) is 0 Å². The van der Waals surface area contributed by atoms with Crippen molar-refractivity contribution in [2.24, 2.45) is 5.10 Å². The zero-order valence-corrected chi connectivity index (χ0v) is 22.6. The number of nitrogens with zero attached hydrogens (tertiary/aromatic N) is 2. The zero-order valence-electron chi connectivity index (χ0n) is 22.6. The van der Waals surface area contributed by atoms with Gasteiger partial charge in [0.15, 0.2) is 11.3 Å². The topological polar surface area (TPSA) is 41.9 Å². The summed E-state index contributed by atoms with van der Waals surface area (Å²) in [5.41, 5.74) is 6.14.